The first-order valence-electron chi connectivity index (χ1n) is 8.22. The average molecular weight is 365 g/mol. The summed E-state index contributed by atoms with van der Waals surface area (Å²) in [6.45, 7) is 5.81. The first kappa shape index (κ1) is 19.1. The van der Waals surface area contributed by atoms with Gasteiger partial charge in [0.2, 0.25) is 5.06 Å². The van der Waals surface area contributed by atoms with Crippen LogP contribution in [0.1, 0.15) is 47.5 Å². The van der Waals surface area contributed by atoms with Crippen LogP contribution in [0.15, 0.2) is 4.52 Å². The zero-order valence-corrected chi connectivity index (χ0v) is 15.5. The van der Waals surface area contributed by atoms with Crippen molar-refractivity contribution in [2.45, 2.75) is 40.0 Å². The van der Waals surface area contributed by atoms with E-state index >= 15 is 0 Å². The fourth-order valence-corrected chi connectivity index (χ4v) is 2.98. The minimum Gasteiger partial charge on any atom is -0.397 e. The highest BCUT2D eigenvalue weighted by Gasteiger charge is 2.13. The SMILES string of the molecule is CCCCc1noc(C)c1/C=C\c1nc(C)c(OC(=O)NCCO)s1. The van der Waals surface area contributed by atoms with E-state index in [2.05, 4.69) is 22.4 Å². The lowest BCUT2D eigenvalue weighted by Crippen LogP contribution is -2.29. The fourth-order valence-electron chi connectivity index (χ4n) is 2.16. The monoisotopic (exact) mass is 365 g/mol. The molecule has 136 valence electrons. The number of carbonyl (C=O) groups excluding carboxylic acids is 1. The van der Waals surface area contributed by atoms with Gasteiger partial charge in [0.05, 0.1) is 18.0 Å². The van der Waals surface area contributed by atoms with E-state index < -0.39 is 6.09 Å². The number of unbranched alkanes of at least 4 members (excludes halogenated alkanes) is 1. The lowest BCUT2D eigenvalue weighted by Gasteiger charge is -2.02. The highest BCUT2D eigenvalue weighted by atomic mass is 32.1. The Hall–Kier alpha value is -2.19. The molecule has 0 bridgehead atoms. The molecule has 0 aliphatic rings. The van der Waals surface area contributed by atoms with E-state index in [0.717, 1.165) is 41.3 Å². The van der Waals surface area contributed by atoms with Crippen molar-refractivity contribution in [3.05, 3.63) is 27.7 Å². The molecule has 0 spiro atoms. The van der Waals surface area contributed by atoms with Crippen LogP contribution in [0.25, 0.3) is 12.2 Å². The van der Waals surface area contributed by atoms with E-state index in [-0.39, 0.29) is 13.2 Å². The second-order valence-electron chi connectivity index (χ2n) is 5.50. The third-order valence-corrected chi connectivity index (χ3v) is 4.48. The van der Waals surface area contributed by atoms with Crippen LogP contribution in [0.2, 0.25) is 0 Å². The predicted octanol–water partition coefficient (Wildman–Crippen LogP) is 3.34. The van der Waals surface area contributed by atoms with Crippen LogP contribution in [0, 0.1) is 13.8 Å². The van der Waals surface area contributed by atoms with Gasteiger partial charge in [0.15, 0.2) is 0 Å². The molecular weight excluding hydrogens is 342 g/mol. The topological polar surface area (TPSA) is 97.5 Å². The van der Waals surface area contributed by atoms with Gasteiger partial charge >= 0.3 is 6.09 Å². The molecule has 0 saturated heterocycles. The Morgan fingerprint density at radius 3 is 2.92 bits per heavy atom. The number of aliphatic hydroxyl groups is 1. The van der Waals surface area contributed by atoms with E-state index in [9.17, 15) is 4.79 Å². The van der Waals surface area contributed by atoms with Gasteiger partial charge < -0.3 is 19.7 Å². The molecule has 0 aliphatic heterocycles. The molecule has 8 heteroatoms. The third kappa shape index (κ3) is 5.40. The number of nitrogens with zero attached hydrogens (tertiary/aromatic N) is 2. The van der Waals surface area contributed by atoms with Gasteiger partial charge in [-0.15, -0.1) is 0 Å². The Balaban J connectivity index is 2.08. The molecule has 25 heavy (non-hydrogen) atoms. The number of aliphatic hydroxyl groups excluding tert-OH is 1. The van der Waals surface area contributed by atoms with Crippen LogP contribution in [0.3, 0.4) is 0 Å². The summed E-state index contributed by atoms with van der Waals surface area (Å²) in [5.41, 5.74) is 2.56. The molecule has 0 unspecified atom stereocenters. The number of thiazole rings is 1. The first-order chi connectivity index (χ1) is 12.0. The summed E-state index contributed by atoms with van der Waals surface area (Å²) in [6, 6.07) is 0. The van der Waals surface area contributed by atoms with Gasteiger partial charge in [-0.25, -0.2) is 9.78 Å². The number of hydrogen-bond acceptors (Lipinski definition) is 7. The molecule has 2 N–H and O–H groups in total. The second kappa shape index (κ2) is 9.33. The van der Waals surface area contributed by atoms with Crippen molar-refractivity contribution in [1.29, 1.82) is 0 Å². The molecule has 0 aromatic carbocycles. The van der Waals surface area contributed by atoms with Crippen molar-refractivity contribution in [2.24, 2.45) is 0 Å². The smallest absolute Gasteiger partial charge is 0.397 e. The first-order valence-corrected chi connectivity index (χ1v) is 9.04. The molecule has 0 atom stereocenters. The van der Waals surface area contributed by atoms with Gasteiger partial charge in [-0.3, -0.25) is 0 Å². The van der Waals surface area contributed by atoms with Crippen molar-refractivity contribution in [2.75, 3.05) is 13.2 Å². The van der Waals surface area contributed by atoms with E-state index in [1.165, 1.54) is 11.3 Å². The lowest BCUT2D eigenvalue weighted by molar-refractivity contribution is 0.196. The fraction of sp³-hybridized carbons (Fsp3) is 0.471. The lowest BCUT2D eigenvalue weighted by atomic mass is 10.1. The molecule has 2 aromatic rings. The van der Waals surface area contributed by atoms with Gasteiger partial charge in [-0.05, 0) is 38.8 Å². The molecule has 2 rings (SSSR count). The number of carbonyl (C=O) groups is 1. The van der Waals surface area contributed by atoms with Crippen molar-refractivity contribution in [3.8, 4) is 5.06 Å². The highest BCUT2D eigenvalue weighted by molar-refractivity contribution is 7.14. The average Bonchev–Trinajstić information content (AvgIpc) is 3.11. The Kier molecular flexibility index (Phi) is 7.15. The molecular formula is C17H23N3O4S. The van der Waals surface area contributed by atoms with Gasteiger partial charge in [-0.2, -0.15) is 0 Å². The minimum atomic E-state index is -0.604. The number of aromatic nitrogens is 2. The van der Waals surface area contributed by atoms with Crippen molar-refractivity contribution in [1.82, 2.24) is 15.5 Å². The molecule has 2 aromatic heterocycles. The van der Waals surface area contributed by atoms with Crippen LogP contribution in [0.4, 0.5) is 4.79 Å². The van der Waals surface area contributed by atoms with Gasteiger partial charge in [0.25, 0.3) is 0 Å². The maximum Gasteiger partial charge on any atom is 0.413 e. The number of nitrogens with one attached hydrogen (secondary N) is 1. The van der Waals surface area contributed by atoms with Crippen LogP contribution in [0.5, 0.6) is 5.06 Å². The van der Waals surface area contributed by atoms with Gasteiger partial charge in [0, 0.05) is 12.1 Å². The summed E-state index contributed by atoms with van der Waals surface area (Å²) < 4.78 is 10.5. The zero-order chi connectivity index (χ0) is 18.2. The van der Waals surface area contributed by atoms with E-state index in [1.807, 2.05) is 19.1 Å². The molecule has 0 aliphatic carbocycles. The number of amides is 1. The van der Waals surface area contributed by atoms with Crippen LogP contribution >= 0.6 is 11.3 Å². The van der Waals surface area contributed by atoms with Crippen LogP contribution in [-0.4, -0.2) is 34.5 Å². The summed E-state index contributed by atoms with van der Waals surface area (Å²) in [6.07, 6.45) is 6.23. The molecule has 0 saturated carbocycles. The van der Waals surface area contributed by atoms with Gasteiger partial charge in [-0.1, -0.05) is 29.8 Å². The number of rotatable bonds is 8. The minimum absolute atomic E-state index is 0.136. The van der Waals surface area contributed by atoms with E-state index in [0.29, 0.717) is 10.8 Å². The standard InChI is InChI=1S/C17H23N3O4S/c1-4-5-6-14-13(12(3)24-20-14)7-8-15-19-11(2)16(25-15)23-17(22)18-9-10-21/h7-8,21H,4-6,9-10H2,1-3H3,(H,18,22)/b8-7-. The Morgan fingerprint density at radius 1 is 1.40 bits per heavy atom. The number of hydrogen-bond donors (Lipinski definition) is 2. The quantitative estimate of drug-likeness (QED) is 0.744. The summed E-state index contributed by atoms with van der Waals surface area (Å²) in [5, 5.41) is 16.4. The van der Waals surface area contributed by atoms with Crippen LogP contribution < -0.4 is 10.1 Å². The second-order valence-corrected chi connectivity index (χ2v) is 6.49. The maximum atomic E-state index is 11.6. The normalized spacial score (nSPS) is 11.2. The van der Waals surface area contributed by atoms with Gasteiger partial charge in [0.1, 0.15) is 10.8 Å². The number of ether oxygens (including phenoxy) is 1. The van der Waals surface area contributed by atoms with Crippen LogP contribution in [-0.2, 0) is 6.42 Å². The molecule has 0 radical (unpaired) electrons. The van der Waals surface area contributed by atoms with Crippen molar-refractivity contribution in [3.63, 3.8) is 0 Å². The Bertz CT molecular complexity index is 736. The third-order valence-electron chi connectivity index (χ3n) is 3.48. The van der Waals surface area contributed by atoms with Crippen molar-refractivity contribution >= 4 is 29.6 Å². The molecule has 1 amide bonds. The summed E-state index contributed by atoms with van der Waals surface area (Å²) >= 11 is 1.28. The Labute approximate surface area is 150 Å². The van der Waals surface area contributed by atoms with E-state index in [4.69, 9.17) is 14.4 Å². The molecule has 2 heterocycles. The summed E-state index contributed by atoms with van der Waals surface area (Å²) in [7, 11) is 0. The Morgan fingerprint density at radius 2 is 2.20 bits per heavy atom. The highest BCUT2D eigenvalue weighted by Crippen LogP contribution is 2.28. The maximum absolute atomic E-state index is 11.6. The van der Waals surface area contributed by atoms with E-state index in [1.54, 1.807) is 6.92 Å². The largest absolute Gasteiger partial charge is 0.413 e. The predicted molar refractivity (Wildman–Crippen MR) is 96.7 cm³/mol. The number of aryl methyl sites for hydroxylation is 3. The zero-order valence-electron chi connectivity index (χ0n) is 14.7. The summed E-state index contributed by atoms with van der Waals surface area (Å²) in [4.78, 5) is 16.0. The van der Waals surface area contributed by atoms with Crippen molar-refractivity contribution < 1.29 is 19.2 Å². The molecule has 0 fully saturated rings. The molecule has 7 nitrogen and oxygen atoms in total. The summed E-state index contributed by atoms with van der Waals surface area (Å²) in [5.74, 6) is 0.774.